The van der Waals surface area contributed by atoms with Crippen LogP contribution in [0.3, 0.4) is 0 Å². The molecule has 0 spiro atoms. The number of benzene rings is 2. The van der Waals surface area contributed by atoms with Gasteiger partial charge in [0.05, 0.1) is 7.11 Å². The maximum absolute atomic E-state index is 9.94. The molecule has 0 fully saturated rings. The summed E-state index contributed by atoms with van der Waals surface area (Å²) in [4.78, 5) is 0. The Balaban J connectivity index is 2.59. The summed E-state index contributed by atoms with van der Waals surface area (Å²) >= 11 is 0. The Morgan fingerprint density at radius 1 is 0.938 bits per heavy atom. The minimum Gasteiger partial charge on any atom is -0.504 e. The molecule has 0 aliphatic rings. The van der Waals surface area contributed by atoms with E-state index in [1.54, 1.807) is 6.07 Å². The monoisotopic (exact) mass is 216 g/mol. The van der Waals surface area contributed by atoms with Crippen LogP contribution in [0.15, 0.2) is 42.5 Å². The van der Waals surface area contributed by atoms with E-state index in [2.05, 4.69) is 0 Å². The SMILES string of the molecule is COc1c(O)ccc(-c2ccccc2)c1O. The second kappa shape index (κ2) is 4.14. The molecule has 2 rings (SSSR count). The van der Waals surface area contributed by atoms with Crippen LogP contribution in [-0.4, -0.2) is 17.3 Å². The van der Waals surface area contributed by atoms with Crippen LogP contribution in [0.1, 0.15) is 0 Å². The van der Waals surface area contributed by atoms with Gasteiger partial charge >= 0.3 is 0 Å². The normalized spacial score (nSPS) is 10.1. The molecule has 0 saturated carbocycles. The first-order valence-electron chi connectivity index (χ1n) is 4.88. The van der Waals surface area contributed by atoms with Crippen molar-refractivity contribution in [3.63, 3.8) is 0 Å². The molecular formula is C13H12O3. The number of aromatic hydroxyl groups is 2. The van der Waals surface area contributed by atoms with Crippen LogP contribution in [0, 0.1) is 0 Å². The van der Waals surface area contributed by atoms with E-state index in [9.17, 15) is 10.2 Å². The van der Waals surface area contributed by atoms with E-state index in [1.165, 1.54) is 13.2 Å². The summed E-state index contributed by atoms with van der Waals surface area (Å²) in [5.41, 5.74) is 1.51. The van der Waals surface area contributed by atoms with Gasteiger partial charge in [0.15, 0.2) is 11.5 Å². The summed E-state index contributed by atoms with van der Waals surface area (Å²) in [6.07, 6.45) is 0. The molecule has 0 atom stereocenters. The number of methoxy groups -OCH3 is 1. The molecule has 0 radical (unpaired) electrons. The van der Waals surface area contributed by atoms with E-state index >= 15 is 0 Å². The van der Waals surface area contributed by atoms with Gasteiger partial charge in [-0.05, 0) is 17.7 Å². The average Bonchev–Trinajstić information content (AvgIpc) is 2.31. The number of phenolic OH excluding ortho intramolecular Hbond substituents is 2. The molecule has 0 heterocycles. The molecule has 0 aromatic heterocycles. The van der Waals surface area contributed by atoms with Crippen LogP contribution >= 0.6 is 0 Å². The van der Waals surface area contributed by atoms with E-state index in [-0.39, 0.29) is 17.2 Å². The zero-order valence-corrected chi connectivity index (χ0v) is 8.84. The van der Waals surface area contributed by atoms with Crippen molar-refractivity contribution in [3.05, 3.63) is 42.5 Å². The molecule has 82 valence electrons. The second-order valence-electron chi connectivity index (χ2n) is 3.38. The minimum atomic E-state index is -0.0697. The lowest BCUT2D eigenvalue weighted by molar-refractivity contribution is 0.345. The van der Waals surface area contributed by atoms with E-state index < -0.39 is 0 Å². The summed E-state index contributed by atoms with van der Waals surface area (Å²) in [6.45, 7) is 0. The molecule has 0 saturated heterocycles. The highest BCUT2D eigenvalue weighted by Crippen LogP contribution is 2.42. The fraction of sp³-hybridized carbons (Fsp3) is 0.0769. The lowest BCUT2D eigenvalue weighted by Gasteiger charge is -2.10. The maximum Gasteiger partial charge on any atom is 0.203 e. The first-order chi connectivity index (χ1) is 7.74. The Morgan fingerprint density at radius 2 is 1.62 bits per heavy atom. The lowest BCUT2D eigenvalue weighted by Crippen LogP contribution is -1.87. The van der Waals surface area contributed by atoms with Crippen molar-refractivity contribution < 1.29 is 14.9 Å². The number of hydrogen-bond donors (Lipinski definition) is 2. The number of ether oxygens (including phenoxy) is 1. The first kappa shape index (κ1) is 10.4. The highest BCUT2D eigenvalue weighted by atomic mass is 16.5. The molecule has 2 N–H and O–H groups in total. The lowest BCUT2D eigenvalue weighted by atomic mass is 10.0. The van der Waals surface area contributed by atoms with Gasteiger partial charge in [-0.3, -0.25) is 0 Å². The van der Waals surface area contributed by atoms with Crippen LogP contribution in [0.25, 0.3) is 11.1 Å². The highest BCUT2D eigenvalue weighted by Gasteiger charge is 2.13. The minimum absolute atomic E-state index is 0.0475. The fourth-order valence-electron chi connectivity index (χ4n) is 1.61. The average molecular weight is 216 g/mol. The number of phenols is 2. The highest BCUT2D eigenvalue weighted by molar-refractivity contribution is 5.75. The van der Waals surface area contributed by atoms with Crippen LogP contribution in [-0.2, 0) is 0 Å². The number of rotatable bonds is 2. The topological polar surface area (TPSA) is 49.7 Å². The van der Waals surface area contributed by atoms with E-state index in [1.807, 2.05) is 30.3 Å². The smallest absolute Gasteiger partial charge is 0.203 e. The van der Waals surface area contributed by atoms with Crippen molar-refractivity contribution in [2.45, 2.75) is 0 Å². The van der Waals surface area contributed by atoms with Crippen LogP contribution in [0.5, 0.6) is 17.2 Å². The molecule has 2 aromatic rings. The molecule has 3 nitrogen and oxygen atoms in total. The van der Waals surface area contributed by atoms with Crippen molar-refractivity contribution in [2.24, 2.45) is 0 Å². The Labute approximate surface area is 93.6 Å². The Hall–Kier alpha value is -2.16. The van der Waals surface area contributed by atoms with E-state index in [0.717, 1.165) is 5.56 Å². The maximum atomic E-state index is 9.94. The molecule has 3 heteroatoms. The molecule has 2 aromatic carbocycles. The molecule has 0 aliphatic heterocycles. The van der Waals surface area contributed by atoms with Gasteiger partial charge in [-0.15, -0.1) is 0 Å². The van der Waals surface area contributed by atoms with Crippen LogP contribution < -0.4 is 4.74 Å². The van der Waals surface area contributed by atoms with Gasteiger partial charge in [0.1, 0.15) is 0 Å². The standard InChI is InChI=1S/C13H12O3/c1-16-13-11(14)8-7-10(12(13)15)9-5-3-2-4-6-9/h2-8,14-15H,1H3. The summed E-state index contributed by atoms with van der Waals surface area (Å²) in [6, 6.07) is 12.6. The number of hydrogen-bond acceptors (Lipinski definition) is 3. The third kappa shape index (κ3) is 1.67. The summed E-state index contributed by atoms with van der Waals surface area (Å²) in [5.74, 6) is -0.0188. The Morgan fingerprint density at radius 3 is 2.25 bits per heavy atom. The van der Waals surface area contributed by atoms with Gasteiger partial charge in [0.2, 0.25) is 5.75 Å². The van der Waals surface area contributed by atoms with E-state index in [0.29, 0.717) is 5.56 Å². The van der Waals surface area contributed by atoms with Crippen LogP contribution in [0.2, 0.25) is 0 Å². The van der Waals surface area contributed by atoms with Crippen molar-refractivity contribution in [1.29, 1.82) is 0 Å². The predicted octanol–water partition coefficient (Wildman–Crippen LogP) is 2.77. The largest absolute Gasteiger partial charge is 0.504 e. The zero-order chi connectivity index (χ0) is 11.5. The second-order valence-corrected chi connectivity index (χ2v) is 3.38. The summed E-state index contributed by atoms with van der Waals surface area (Å²) < 4.78 is 4.94. The molecule has 0 bridgehead atoms. The van der Waals surface area contributed by atoms with Gasteiger partial charge in [0, 0.05) is 5.56 Å². The van der Waals surface area contributed by atoms with Crippen molar-refractivity contribution in [3.8, 4) is 28.4 Å². The van der Waals surface area contributed by atoms with Crippen molar-refractivity contribution in [1.82, 2.24) is 0 Å². The Bertz CT molecular complexity index is 492. The van der Waals surface area contributed by atoms with Crippen molar-refractivity contribution >= 4 is 0 Å². The van der Waals surface area contributed by atoms with Gasteiger partial charge < -0.3 is 14.9 Å². The third-order valence-corrected chi connectivity index (χ3v) is 2.40. The summed E-state index contributed by atoms with van der Waals surface area (Å²) in [5, 5.41) is 19.4. The molecule has 0 aliphatic carbocycles. The Kier molecular flexibility index (Phi) is 2.68. The first-order valence-corrected chi connectivity index (χ1v) is 4.88. The summed E-state index contributed by atoms with van der Waals surface area (Å²) in [7, 11) is 1.41. The van der Waals surface area contributed by atoms with Gasteiger partial charge in [-0.2, -0.15) is 0 Å². The van der Waals surface area contributed by atoms with E-state index in [4.69, 9.17) is 4.74 Å². The van der Waals surface area contributed by atoms with Crippen molar-refractivity contribution in [2.75, 3.05) is 7.11 Å². The predicted molar refractivity (Wildman–Crippen MR) is 61.8 cm³/mol. The fourth-order valence-corrected chi connectivity index (χ4v) is 1.61. The molecule has 0 amide bonds. The molecule has 0 unspecified atom stereocenters. The van der Waals surface area contributed by atoms with Gasteiger partial charge in [-0.1, -0.05) is 30.3 Å². The van der Waals surface area contributed by atoms with Crippen LogP contribution in [0.4, 0.5) is 0 Å². The zero-order valence-electron chi connectivity index (χ0n) is 8.84. The molecular weight excluding hydrogens is 204 g/mol. The molecule has 16 heavy (non-hydrogen) atoms. The van der Waals surface area contributed by atoms with Gasteiger partial charge in [0.25, 0.3) is 0 Å². The van der Waals surface area contributed by atoms with Gasteiger partial charge in [-0.25, -0.2) is 0 Å². The third-order valence-electron chi connectivity index (χ3n) is 2.40. The quantitative estimate of drug-likeness (QED) is 0.811.